The average molecular weight is 268 g/mol. The van der Waals surface area contributed by atoms with E-state index < -0.39 is 0 Å². The second-order valence-electron chi connectivity index (χ2n) is 4.89. The van der Waals surface area contributed by atoms with Gasteiger partial charge in [-0.05, 0) is 17.7 Å². The summed E-state index contributed by atoms with van der Waals surface area (Å²) < 4.78 is 5.58. The Bertz CT molecular complexity index is 598. The fraction of sp³-hybridized carbons (Fsp3) is 0.250. The largest absolute Gasteiger partial charge is 0.493 e. The third-order valence-electron chi connectivity index (χ3n) is 3.44. The highest BCUT2D eigenvalue weighted by atomic mass is 16.5. The van der Waals surface area contributed by atoms with Crippen LogP contribution < -0.4 is 10.1 Å². The molecule has 0 radical (unpaired) electrons. The summed E-state index contributed by atoms with van der Waals surface area (Å²) in [5.41, 5.74) is 2.13. The van der Waals surface area contributed by atoms with Gasteiger partial charge in [0, 0.05) is 36.8 Å². The van der Waals surface area contributed by atoms with Crippen molar-refractivity contribution in [3.05, 3.63) is 59.9 Å². The van der Waals surface area contributed by atoms with Gasteiger partial charge in [0.1, 0.15) is 5.75 Å². The zero-order valence-electron chi connectivity index (χ0n) is 11.1. The van der Waals surface area contributed by atoms with Crippen molar-refractivity contribution in [3.63, 3.8) is 0 Å². The lowest BCUT2D eigenvalue weighted by Crippen LogP contribution is -2.25. The average Bonchev–Trinajstić information content (AvgIpc) is 2.90. The monoisotopic (exact) mass is 268 g/mol. The van der Waals surface area contributed by atoms with Crippen LogP contribution in [0.25, 0.3) is 0 Å². The first-order valence-corrected chi connectivity index (χ1v) is 6.70. The number of pyridine rings is 1. The number of rotatable bonds is 4. The van der Waals surface area contributed by atoms with Crippen LogP contribution in [0, 0.1) is 0 Å². The van der Waals surface area contributed by atoms with Gasteiger partial charge in [0.15, 0.2) is 0 Å². The molecule has 1 aromatic carbocycles. The topological polar surface area (TPSA) is 51.2 Å². The minimum atomic E-state index is 0.0409. The molecule has 1 unspecified atom stereocenters. The second kappa shape index (κ2) is 5.74. The number of ether oxygens (including phenoxy) is 1. The van der Waals surface area contributed by atoms with E-state index in [0.29, 0.717) is 19.6 Å². The smallest absolute Gasteiger partial charge is 0.221 e. The molecule has 0 saturated carbocycles. The molecule has 0 bridgehead atoms. The lowest BCUT2D eigenvalue weighted by Gasteiger charge is -2.09. The van der Waals surface area contributed by atoms with Crippen LogP contribution in [-0.2, 0) is 11.3 Å². The third kappa shape index (κ3) is 2.79. The number of benzene rings is 1. The van der Waals surface area contributed by atoms with Gasteiger partial charge in [-0.25, -0.2) is 0 Å². The second-order valence-corrected chi connectivity index (χ2v) is 4.89. The number of hydrogen-bond donors (Lipinski definition) is 1. The predicted molar refractivity (Wildman–Crippen MR) is 75.4 cm³/mol. The van der Waals surface area contributed by atoms with Crippen molar-refractivity contribution in [1.82, 2.24) is 10.3 Å². The van der Waals surface area contributed by atoms with Crippen LogP contribution in [-0.4, -0.2) is 17.5 Å². The minimum absolute atomic E-state index is 0.0409. The molecule has 4 heteroatoms. The van der Waals surface area contributed by atoms with Gasteiger partial charge in [-0.3, -0.25) is 9.78 Å². The maximum Gasteiger partial charge on any atom is 0.221 e. The summed E-state index contributed by atoms with van der Waals surface area (Å²) in [4.78, 5) is 16.0. The zero-order chi connectivity index (χ0) is 13.8. The van der Waals surface area contributed by atoms with E-state index in [4.69, 9.17) is 4.74 Å². The predicted octanol–water partition coefficient (Wildman–Crippen LogP) is 2.26. The number of para-hydroxylation sites is 1. The Balaban J connectivity index is 1.55. The number of nitrogens with one attached hydrogen (secondary N) is 1. The van der Waals surface area contributed by atoms with E-state index >= 15 is 0 Å². The molecule has 102 valence electrons. The minimum Gasteiger partial charge on any atom is -0.493 e. The Morgan fingerprint density at radius 3 is 3.05 bits per heavy atom. The molecule has 1 aliphatic heterocycles. The van der Waals surface area contributed by atoms with E-state index in [1.54, 1.807) is 12.4 Å². The summed E-state index contributed by atoms with van der Waals surface area (Å²) in [6, 6.07) is 11.7. The molecule has 1 amide bonds. The summed E-state index contributed by atoms with van der Waals surface area (Å²) in [5.74, 6) is 1.09. The summed E-state index contributed by atoms with van der Waals surface area (Å²) in [6.45, 7) is 1.10. The molecule has 3 rings (SSSR count). The Morgan fingerprint density at radius 1 is 1.30 bits per heavy atom. The molecular weight excluding hydrogens is 252 g/mol. The van der Waals surface area contributed by atoms with Crippen molar-refractivity contribution < 1.29 is 9.53 Å². The van der Waals surface area contributed by atoms with Crippen LogP contribution in [0.4, 0.5) is 0 Å². The van der Waals surface area contributed by atoms with Crippen LogP contribution in [0.15, 0.2) is 48.8 Å². The molecule has 2 heterocycles. The molecule has 1 atom stereocenters. The van der Waals surface area contributed by atoms with E-state index in [2.05, 4.69) is 10.3 Å². The summed E-state index contributed by atoms with van der Waals surface area (Å²) in [7, 11) is 0. The van der Waals surface area contributed by atoms with Crippen LogP contribution in [0.5, 0.6) is 5.75 Å². The summed E-state index contributed by atoms with van der Waals surface area (Å²) in [6.07, 6.45) is 3.93. The SMILES string of the molecule is O=C(CC1COc2ccccc21)NCc1cccnc1. The van der Waals surface area contributed by atoms with Gasteiger partial charge in [0.2, 0.25) is 5.91 Å². The number of nitrogens with zero attached hydrogens (tertiary/aromatic N) is 1. The first kappa shape index (κ1) is 12.7. The van der Waals surface area contributed by atoms with E-state index in [9.17, 15) is 4.79 Å². The van der Waals surface area contributed by atoms with Gasteiger partial charge in [-0.15, -0.1) is 0 Å². The lowest BCUT2D eigenvalue weighted by molar-refractivity contribution is -0.121. The van der Waals surface area contributed by atoms with Gasteiger partial charge in [-0.2, -0.15) is 0 Å². The molecule has 0 spiro atoms. The van der Waals surface area contributed by atoms with Crippen LogP contribution in [0.3, 0.4) is 0 Å². The van der Waals surface area contributed by atoms with Crippen molar-refractivity contribution in [2.45, 2.75) is 18.9 Å². The van der Waals surface area contributed by atoms with Crippen LogP contribution in [0.2, 0.25) is 0 Å². The van der Waals surface area contributed by atoms with Gasteiger partial charge in [0.05, 0.1) is 6.61 Å². The van der Waals surface area contributed by atoms with Crippen molar-refractivity contribution in [1.29, 1.82) is 0 Å². The molecule has 2 aromatic rings. The van der Waals surface area contributed by atoms with Crippen LogP contribution in [0.1, 0.15) is 23.5 Å². The molecule has 20 heavy (non-hydrogen) atoms. The van der Waals surface area contributed by atoms with E-state index in [0.717, 1.165) is 16.9 Å². The normalized spacial score (nSPS) is 16.3. The molecule has 1 N–H and O–H groups in total. The maximum absolute atomic E-state index is 12.0. The van der Waals surface area contributed by atoms with Crippen molar-refractivity contribution >= 4 is 5.91 Å². The highest BCUT2D eigenvalue weighted by Gasteiger charge is 2.25. The van der Waals surface area contributed by atoms with Gasteiger partial charge < -0.3 is 10.1 Å². The Kier molecular flexibility index (Phi) is 3.63. The Morgan fingerprint density at radius 2 is 2.20 bits per heavy atom. The summed E-state index contributed by atoms with van der Waals surface area (Å²) in [5, 5.41) is 2.92. The first-order valence-electron chi connectivity index (χ1n) is 6.70. The number of carbonyl (C=O) groups is 1. The third-order valence-corrected chi connectivity index (χ3v) is 3.44. The van der Waals surface area contributed by atoms with E-state index in [1.165, 1.54) is 0 Å². The van der Waals surface area contributed by atoms with Gasteiger partial charge >= 0.3 is 0 Å². The first-order chi connectivity index (χ1) is 9.83. The standard InChI is InChI=1S/C16H16N2O2/c19-16(18-10-12-4-3-7-17-9-12)8-13-11-20-15-6-2-1-5-14(13)15/h1-7,9,13H,8,10-11H2,(H,18,19). The van der Waals surface area contributed by atoms with Crippen molar-refractivity contribution in [2.75, 3.05) is 6.61 Å². The number of hydrogen-bond acceptors (Lipinski definition) is 3. The van der Waals surface area contributed by atoms with Gasteiger partial charge in [0.25, 0.3) is 0 Å². The van der Waals surface area contributed by atoms with Crippen LogP contribution >= 0.6 is 0 Å². The van der Waals surface area contributed by atoms with E-state index in [1.807, 2.05) is 36.4 Å². The lowest BCUT2D eigenvalue weighted by atomic mass is 9.97. The molecule has 0 saturated heterocycles. The Hall–Kier alpha value is -2.36. The number of carbonyl (C=O) groups excluding carboxylic acids is 1. The number of amides is 1. The fourth-order valence-electron chi connectivity index (χ4n) is 2.40. The Labute approximate surface area is 117 Å². The molecule has 1 aliphatic rings. The maximum atomic E-state index is 12.0. The molecule has 0 aliphatic carbocycles. The summed E-state index contributed by atoms with van der Waals surface area (Å²) >= 11 is 0. The van der Waals surface area contributed by atoms with Crippen molar-refractivity contribution in [2.24, 2.45) is 0 Å². The van der Waals surface area contributed by atoms with Crippen molar-refractivity contribution in [3.8, 4) is 5.75 Å². The number of fused-ring (bicyclic) bond motifs is 1. The molecular formula is C16H16N2O2. The number of aromatic nitrogens is 1. The fourth-order valence-corrected chi connectivity index (χ4v) is 2.40. The quantitative estimate of drug-likeness (QED) is 0.925. The zero-order valence-corrected chi connectivity index (χ0v) is 11.1. The molecule has 1 aromatic heterocycles. The highest BCUT2D eigenvalue weighted by Crippen LogP contribution is 2.35. The van der Waals surface area contributed by atoms with Gasteiger partial charge in [-0.1, -0.05) is 24.3 Å². The van der Waals surface area contributed by atoms with E-state index in [-0.39, 0.29) is 11.8 Å². The highest BCUT2D eigenvalue weighted by molar-refractivity contribution is 5.77. The molecule has 0 fully saturated rings. The molecule has 4 nitrogen and oxygen atoms in total.